The molecule has 0 unspecified atom stereocenters. The van der Waals surface area contributed by atoms with Crippen LogP contribution in [0.4, 0.5) is 5.69 Å². The van der Waals surface area contributed by atoms with Gasteiger partial charge in [-0.05, 0) is 18.2 Å². The second-order valence-corrected chi connectivity index (χ2v) is 3.65. The lowest BCUT2D eigenvalue weighted by Gasteiger charge is -2.12. The maximum atomic E-state index is 5.15. The van der Waals surface area contributed by atoms with Crippen molar-refractivity contribution in [3.63, 3.8) is 0 Å². The van der Waals surface area contributed by atoms with Crippen LogP contribution in [-0.2, 0) is 0 Å². The largest absolute Gasteiger partial charge is 0.497 e. The molecule has 0 saturated heterocycles. The first-order chi connectivity index (χ1) is 7.20. The van der Waals surface area contributed by atoms with Crippen molar-refractivity contribution in [1.29, 1.82) is 0 Å². The first-order valence-corrected chi connectivity index (χ1v) is 4.82. The van der Waals surface area contributed by atoms with Crippen LogP contribution in [0.15, 0.2) is 30.5 Å². The number of pyridine rings is 1. The molecule has 17 heavy (non-hydrogen) atoms. The molecule has 0 saturated carbocycles. The minimum absolute atomic E-state index is 0. The summed E-state index contributed by atoms with van der Waals surface area (Å²) in [6.45, 7) is 0. The van der Waals surface area contributed by atoms with Crippen molar-refractivity contribution in [2.24, 2.45) is 0 Å². The molecule has 1 aromatic heterocycles. The van der Waals surface area contributed by atoms with E-state index in [1.54, 1.807) is 7.11 Å². The standard InChI is InChI=1S/C12H14N2O.2ClH/c1-14(2)10-6-9-4-5-11(15-3)7-12(9)13-8-10;;/h4-8H,1-3H3;2*1H. The molecule has 5 heteroatoms. The van der Waals surface area contributed by atoms with E-state index in [1.165, 1.54) is 0 Å². The van der Waals surface area contributed by atoms with Crippen LogP contribution in [0.1, 0.15) is 0 Å². The Kier molecular flexibility index (Phi) is 6.07. The minimum Gasteiger partial charge on any atom is -0.497 e. The van der Waals surface area contributed by atoms with E-state index in [9.17, 15) is 0 Å². The topological polar surface area (TPSA) is 25.4 Å². The molecule has 3 nitrogen and oxygen atoms in total. The van der Waals surface area contributed by atoms with E-state index in [-0.39, 0.29) is 24.8 Å². The summed E-state index contributed by atoms with van der Waals surface area (Å²) in [6.07, 6.45) is 1.86. The van der Waals surface area contributed by atoms with Crippen LogP contribution in [0.3, 0.4) is 0 Å². The summed E-state index contributed by atoms with van der Waals surface area (Å²) in [5, 5.41) is 1.13. The summed E-state index contributed by atoms with van der Waals surface area (Å²) in [6, 6.07) is 8.02. The number of ether oxygens (including phenoxy) is 1. The van der Waals surface area contributed by atoms with Crippen molar-refractivity contribution in [1.82, 2.24) is 4.98 Å². The number of anilines is 1. The van der Waals surface area contributed by atoms with Gasteiger partial charge in [-0.3, -0.25) is 4.98 Å². The Balaban J connectivity index is 0.00000128. The van der Waals surface area contributed by atoms with Gasteiger partial charge in [0.05, 0.1) is 24.5 Å². The summed E-state index contributed by atoms with van der Waals surface area (Å²) in [5.41, 5.74) is 2.06. The maximum absolute atomic E-state index is 5.15. The molecule has 0 spiro atoms. The summed E-state index contributed by atoms with van der Waals surface area (Å²) in [4.78, 5) is 6.43. The molecule has 0 fully saturated rings. The SMILES string of the molecule is COc1ccc2cc(N(C)C)cnc2c1.Cl.Cl. The van der Waals surface area contributed by atoms with E-state index in [0.29, 0.717) is 0 Å². The van der Waals surface area contributed by atoms with Crippen molar-refractivity contribution < 1.29 is 4.74 Å². The fourth-order valence-corrected chi connectivity index (χ4v) is 1.46. The highest BCUT2D eigenvalue weighted by Gasteiger charge is 2.00. The van der Waals surface area contributed by atoms with Gasteiger partial charge in [-0.1, -0.05) is 0 Å². The number of methoxy groups -OCH3 is 1. The van der Waals surface area contributed by atoms with Gasteiger partial charge in [0, 0.05) is 25.5 Å². The van der Waals surface area contributed by atoms with Gasteiger partial charge in [0.2, 0.25) is 0 Å². The predicted molar refractivity (Wildman–Crippen MR) is 77.1 cm³/mol. The number of fused-ring (bicyclic) bond motifs is 1. The second-order valence-electron chi connectivity index (χ2n) is 3.65. The van der Waals surface area contributed by atoms with Gasteiger partial charge >= 0.3 is 0 Å². The maximum Gasteiger partial charge on any atom is 0.121 e. The van der Waals surface area contributed by atoms with Gasteiger partial charge in [-0.2, -0.15) is 0 Å². The number of halogens is 2. The van der Waals surface area contributed by atoms with Crippen molar-refractivity contribution >= 4 is 41.4 Å². The average molecular weight is 275 g/mol. The Bertz CT molecular complexity index is 489. The summed E-state index contributed by atoms with van der Waals surface area (Å²) < 4.78 is 5.15. The Hall–Kier alpha value is -1.19. The van der Waals surface area contributed by atoms with Gasteiger partial charge in [0.15, 0.2) is 0 Å². The Morgan fingerprint density at radius 1 is 1.12 bits per heavy atom. The van der Waals surface area contributed by atoms with Crippen LogP contribution < -0.4 is 9.64 Å². The van der Waals surface area contributed by atoms with Crippen LogP contribution in [-0.4, -0.2) is 26.2 Å². The van der Waals surface area contributed by atoms with Gasteiger partial charge in [-0.25, -0.2) is 0 Å². The monoisotopic (exact) mass is 274 g/mol. The molecule has 2 aromatic rings. The third-order valence-corrected chi connectivity index (χ3v) is 2.39. The third-order valence-electron chi connectivity index (χ3n) is 2.39. The first-order valence-electron chi connectivity index (χ1n) is 4.82. The van der Waals surface area contributed by atoms with Crippen molar-refractivity contribution in [2.75, 3.05) is 26.1 Å². The zero-order valence-electron chi connectivity index (χ0n) is 10.0. The Morgan fingerprint density at radius 2 is 1.82 bits per heavy atom. The van der Waals surface area contributed by atoms with E-state index >= 15 is 0 Å². The van der Waals surface area contributed by atoms with Crippen LogP contribution in [0.5, 0.6) is 5.75 Å². The lowest BCUT2D eigenvalue weighted by Crippen LogP contribution is -2.08. The highest BCUT2D eigenvalue weighted by Crippen LogP contribution is 2.22. The molecular weight excluding hydrogens is 259 g/mol. The van der Waals surface area contributed by atoms with E-state index in [2.05, 4.69) is 11.1 Å². The van der Waals surface area contributed by atoms with Crippen molar-refractivity contribution in [3.05, 3.63) is 30.5 Å². The normalized spacial score (nSPS) is 9.12. The number of hydrogen-bond acceptors (Lipinski definition) is 3. The van der Waals surface area contributed by atoms with Gasteiger partial charge < -0.3 is 9.64 Å². The molecule has 2 rings (SSSR count). The Morgan fingerprint density at radius 3 is 2.41 bits per heavy atom. The fraction of sp³-hybridized carbons (Fsp3) is 0.250. The van der Waals surface area contributed by atoms with Crippen LogP contribution >= 0.6 is 24.8 Å². The minimum atomic E-state index is 0. The van der Waals surface area contributed by atoms with E-state index in [0.717, 1.165) is 22.3 Å². The lowest BCUT2D eigenvalue weighted by atomic mass is 10.2. The lowest BCUT2D eigenvalue weighted by molar-refractivity contribution is 0.415. The zero-order chi connectivity index (χ0) is 10.8. The molecule has 0 atom stereocenters. The number of nitrogens with zero attached hydrogens (tertiary/aromatic N) is 2. The van der Waals surface area contributed by atoms with Crippen LogP contribution in [0.2, 0.25) is 0 Å². The number of rotatable bonds is 2. The Labute approximate surface area is 114 Å². The fourth-order valence-electron chi connectivity index (χ4n) is 1.46. The average Bonchev–Trinajstić information content (AvgIpc) is 2.27. The quantitative estimate of drug-likeness (QED) is 0.841. The number of aromatic nitrogens is 1. The molecule has 0 aliphatic rings. The summed E-state index contributed by atoms with van der Waals surface area (Å²) >= 11 is 0. The highest BCUT2D eigenvalue weighted by atomic mass is 35.5. The van der Waals surface area contributed by atoms with Gasteiger partial charge in [-0.15, -0.1) is 24.8 Å². The van der Waals surface area contributed by atoms with Crippen LogP contribution in [0.25, 0.3) is 10.9 Å². The molecular formula is C12H16Cl2N2O. The molecule has 0 bridgehead atoms. The molecule has 1 aromatic carbocycles. The zero-order valence-corrected chi connectivity index (χ0v) is 11.6. The molecule has 94 valence electrons. The van der Waals surface area contributed by atoms with E-state index in [4.69, 9.17) is 4.74 Å². The van der Waals surface area contributed by atoms with Crippen LogP contribution in [0, 0.1) is 0 Å². The molecule has 1 heterocycles. The first kappa shape index (κ1) is 15.8. The number of hydrogen-bond donors (Lipinski definition) is 0. The van der Waals surface area contributed by atoms with Crippen molar-refractivity contribution in [2.45, 2.75) is 0 Å². The van der Waals surface area contributed by atoms with E-state index < -0.39 is 0 Å². The smallest absolute Gasteiger partial charge is 0.121 e. The highest BCUT2D eigenvalue weighted by molar-refractivity contribution is 5.85. The predicted octanol–water partition coefficient (Wildman–Crippen LogP) is 3.15. The molecule has 0 radical (unpaired) electrons. The van der Waals surface area contributed by atoms with Crippen molar-refractivity contribution in [3.8, 4) is 5.75 Å². The summed E-state index contributed by atoms with van der Waals surface area (Å²) in [5.74, 6) is 0.840. The molecule has 0 aliphatic carbocycles. The van der Waals surface area contributed by atoms with E-state index in [1.807, 2.05) is 43.4 Å². The second kappa shape index (κ2) is 6.52. The molecule has 0 N–H and O–H groups in total. The third kappa shape index (κ3) is 3.38. The molecule has 0 aliphatic heterocycles. The molecule has 0 amide bonds. The summed E-state index contributed by atoms with van der Waals surface area (Å²) in [7, 11) is 5.67. The number of benzene rings is 1. The van der Waals surface area contributed by atoms with Gasteiger partial charge in [0.1, 0.15) is 5.75 Å². The van der Waals surface area contributed by atoms with Gasteiger partial charge in [0.25, 0.3) is 0 Å².